The average Bonchev–Trinajstić information content (AvgIpc) is 2.69. The predicted octanol–water partition coefficient (Wildman–Crippen LogP) is 1.31. The zero-order chi connectivity index (χ0) is 13.5. The van der Waals surface area contributed by atoms with Crippen LogP contribution in [0.4, 0.5) is 0 Å². The third-order valence-corrected chi connectivity index (χ3v) is 2.50. The van der Waals surface area contributed by atoms with Crippen LogP contribution in [0.2, 0.25) is 0 Å². The van der Waals surface area contributed by atoms with Crippen LogP contribution in [-0.2, 0) is 9.53 Å². The number of oxime groups is 1. The Morgan fingerprint density at radius 1 is 1.61 bits per heavy atom. The Balaban J connectivity index is 2.82. The molecule has 1 aliphatic rings. The Hall–Kier alpha value is -1.83. The number of ether oxygens (including phenoxy) is 1. The molecule has 0 aliphatic carbocycles. The van der Waals surface area contributed by atoms with E-state index >= 15 is 0 Å². The van der Waals surface area contributed by atoms with E-state index in [-0.39, 0.29) is 17.3 Å². The molecule has 98 valence electrons. The van der Waals surface area contributed by atoms with Crippen molar-refractivity contribution in [2.24, 2.45) is 15.2 Å². The highest BCUT2D eigenvalue weighted by molar-refractivity contribution is 8.27. The van der Waals surface area contributed by atoms with Crippen LogP contribution in [0, 0.1) is 0 Å². The summed E-state index contributed by atoms with van der Waals surface area (Å²) in [7, 11) is 0. The van der Waals surface area contributed by atoms with Crippen molar-refractivity contribution in [3.63, 3.8) is 0 Å². The highest BCUT2D eigenvalue weighted by Gasteiger charge is 2.22. The maximum absolute atomic E-state index is 11.3. The normalized spacial score (nSPS) is 18.7. The van der Waals surface area contributed by atoms with Crippen molar-refractivity contribution >= 4 is 33.7 Å². The van der Waals surface area contributed by atoms with Crippen molar-refractivity contribution in [2.75, 3.05) is 6.61 Å². The molecule has 0 saturated heterocycles. The third-order valence-electron chi connectivity index (χ3n) is 1.64. The lowest BCUT2D eigenvalue weighted by Gasteiger charge is -1.96. The number of rotatable bonds is 3. The first-order valence-electron chi connectivity index (χ1n) is 5.21. The largest absolute Gasteiger partial charge is 0.463 e. The zero-order valence-corrected chi connectivity index (χ0v) is 11.1. The molecular weight excluding hydrogens is 256 g/mol. The summed E-state index contributed by atoms with van der Waals surface area (Å²) in [5.41, 5.74) is 3.76. The third kappa shape index (κ3) is 4.21. The Bertz CT molecular complexity index is 450. The minimum atomic E-state index is -0.533. The Morgan fingerprint density at radius 3 is 2.89 bits per heavy atom. The lowest BCUT2D eigenvalue weighted by Crippen LogP contribution is -2.13. The summed E-state index contributed by atoms with van der Waals surface area (Å²) in [5.74, 6) is -0.533. The van der Waals surface area contributed by atoms with Crippen molar-refractivity contribution in [1.82, 2.24) is 5.43 Å². The first-order chi connectivity index (χ1) is 8.56. The van der Waals surface area contributed by atoms with E-state index < -0.39 is 5.97 Å². The van der Waals surface area contributed by atoms with Crippen LogP contribution >= 0.6 is 11.8 Å². The fourth-order valence-corrected chi connectivity index (χ4v) is 1.66. The number of nitrogens with zero attached hydrogens (tertiary/aromatic N) is 3. The molecule has 0 fully saturated rings. The molecular formula is C10H14N4O3S. The highest BCUT2D eigenvalue weighted by atomic mass is 32.2. The number of carbonyl (C=O) groups is 1. The zero-order valence-electron chi connectivity index (χ0n) is 10.3. The van der Waals surface area contributed by atoms with Gasteiger partial charge in [0.2, 0.25) is 0 Å². The first-order valence-corrected chi connectivity index (χ1v) is 6.02. The van der Waals surface area contributed by atoms with Gasteiger partial charge in [-0.25, -0.2) is 9.79 Å². The summed E-state index contributed by atoms with van der Waals surface area (Å²) in [6.07, 6.45) is 1.17. The minimum Gasteiger partial charge on any atom is -0.463 e. The van der Waals surface area contributed by atoms with Crippen LogP contribution in [0.5, 0.6) is 0 Å². The van der Waals surface area contributed by atoms with Gasteiger partial charge in [0.15, 0.2) is 10.2 Å². The van der Waals surface area contributed by atoms with Crippen LogP contribution in [0.3, 0.4) is 0 Å². The molecule has 1 rings (SSSR count). The van der Waals surface area contributed by atoms with Gasteiger partial charge in [0.1, 0.15) is 5.70 Å². The second kappa shape index (κ2) is 6.80. The number of hydrazone groups is 1. The molecule has 0 aromatic heterocycles. The smallest absolute Gasteiger partial charge is 0.333 e. The molecule has 7 nitrogen and oxygen atoms in total. The van der Waals surface area contributed by atoms with Gasteiger partial charge in [0, 0.05) is 5.71 Å². The lowest BCUT2D eigenvalue weighted by atomic mass is 10.4. The molecule has 0 amide bonds. The van der Waals surface area contributed by atoms with Crippen LogP contribution in [-0.4, -0.2) is 33.7 Å². The summed E-state index contributed by atoms with van der Waals surface area (Å²) in [6, 6.07) is 0. The number of amidine groups is 1. The maximum Gasteiger partial charge on any atom is 0.333 e. The summed E-state index contributed by atoms with van der Waals surface area (Å²) in [4.78, 5) is 15.3. The van der Waals surface area contributed by atoms with Crippen molar-refractivity contribution in [1.29, 1.82) is 0 Å². The molecule has 1 aliphatic heterocycles. The number of carbonyl (C=O) groups excluding carboxylic acids is 1. The molecule has 0 atom stereocenters. The highest BCUT2D eigenvalue weighted by Crippen LogP contribution is 2.23. The Morgan fingerprint density at radius 2 is 2.33 bits per heavy atom. The summed E-state index contributed by atoms with van der Waals surface area (Å²) in [6.45, 7) is 5.62. The SMILES string of the molecule is CCOC(=O)/C=C1/N=C(NN=C(C)C)S/C1=N\O. The van der Waals surface area contributed by atoms with Gasteiger partial charge in [0.25, 0.3) is 0 Å². The minimum absolute atomic E-state index is 0.217. The number of thioether (sulfide) groups is 1. The van der Waals surface area contributed by atoms with Crippen LogP contribution in [0.15, 0.2) is 27.0 Å². The van der Waals surface area contributed by atoms with E-state index in [1.165, 1.54) is 6.08 Å². The number of nitrogens with one attached hydrogen (secondary N) is 1. The molecule has 0 aromatic carbocycles. The lowest BCUT2D eigenvalue weighted by molar-refractivity contribution is -0.137. The molecule has 0 aromatic rings. The molecule has 0 spiro atoms. The fraction of sp³-hybridized carbons (Fsp3) is 0.400. The van der Waals surface area contributed by atoms with Crippen molar-refractivity contribution < 1.29 is 14.7 Å². The van der Waals surface area contributed by atoms with Gasteiger partial charge in [-0.15, -0.1) is 0 Å². The summed E-state index contributed by atoms with van der Waals surface area (Å²) < 4.78 is 4.75. The Labute approximate surface area is 109 Å². The molecule has 18 heavy (non-hydrogen) atoms. The average molecular weight is 270 g/mol. The van der Waals surface area contributed by atoms with Crippen molar-refractivity contribution in [3.8, 4) is 0 Å². The Kier molecular flexibility index (Phi) is 5.37. The van der Waals surface area contributed by atoms with Gasteiger partial charge in [-0.3, -0.25) is 5.43 Å². The number of hydrogen-bond acceptors (Lipinski definition) is 8. The molecule has 0 unspecified atom stereocenters. The van der Waals surface area contributed by atoms with E-state index in [0.29, 0.717) is 5.17 Å². The van der Waals surface area contributed by atoms with Crippen molar-refractivity contribution in [2.45, 2.75) is 20.8 Å². The van der Waals surface area contributed by atoms with Gasteiger partial charge in [-0.1, -0.05) is 5.16 Å². The van der Waals surface area contributed by atoms with E-state index in [9.17, 15) is 4.79 Å². The standard InChI is InChI=1S/C10H14N4O3S/c1-4-17-8(15)5-7-9(14-16)18-10(11-7)13-12-6(2)3/h5,16H,4H2,1-3H3,(H,11,13)/b7-5+,14-9-. The molecule has 0 radical (unpaired) electrons. The monoisotopic (exact) mass is 270 g/mol. The van der Waals surface area contributed by atoms with Crippen LogP contribution in [0.1, 0.15) is 20.8 Å². The first kappa shape index (κ1) is 14.2. The molecule has 8 heteroatoms. The van der Waals surface area contributed by atoms with E-state index in [1.807, 2.05) is 13.8 Å². The summed E-state index contributed by atoms with van der Waals surface area (Å²) in [5, 5.41) is 16.5. The maximum atomic E-state index is 11.3. The summed E-state index contributed by atoms with van der Waals surface area (Å²) >= 11 is 1.08. The van der Waals surface area contributed by atoms with E-state index in [4.69, 9.17) is 9.94 Å². The van der Waals surface area contributed by atoms with Gasteiger partial charge < -0.3 is 9.94 Å². The second-order valence-corrected chi connectivity index (χ2v) is 4.35. The van der Waals surface area contributed by atoms with Crippen LogP contribution in [0.25, 0.3) is 0 Å². The van der Waals surface area contributed by atoms with E-state index in [2.05, 4.69) is 20.7 Å². The van der Waals surface area contributed by atoms with Gasteiger partial charge >= 0.3 is 5.97 Å². The van der Waals surface area contributed by atoms with Gasteiger partial charge in [-0.2, -0.15) is 5.10 Å². The molecule has 1 heterocycles. The quantitative estimate of drug-likeness (QED) is 0.265. The van der Waals surface area contributed by atoms with E-state index in [0.717, 1.165) is 17.5 Å². The van der Waals surface area contributed by atoms with Crippen molar-refractivity contribution in [3.05, 3.63) is 11.8 Å². The number of aliphatic imine (C=N–C) groups is 1. The topological polar surface area (TPSA) is 95.6 Å². The van der Waals surface area contributed by atoms with Gasteiger partial charge in [-0.05, 0) is 32.5 Å². The number of hydrogen-bond donors (Lipinski definition) is 2. The molecule has 0 saturated carbocycles. The predicted molar refractivity (Wildman–Crippen MR) is 70.9 cm³/mol. The van der Waals surface area contributed by atoms with E-state index in [1.54, 1.807) is 6.92 Å². The van der Waals surface area contributed by atoms with Crippen LogP contribution < -0.4 is 5.43 Å². The number of esters is 1. The molecule has 2 N–H and O–H groups in total. The second-order valence-electron chi connectivity index (χ2n) is 3.38. The molecule has 0 bridgehead atoms. The van der Waals surface area contributed by atoms with Gasteiger partial charge in [0.05, 0.1) is 12.7 Å². The fourth-order valence-electron chi connectivity index (χ4n) is 0.993.